The molecule has 17 heavy (non-hydrogen) atoms. The number of halogens is 1. The van der Waals surface area contributed by atoms with Crippen LogP contribution in [-0.4, -0.2) is 4.92 Å². The minimum Gasteiger partial charge on any atom is -0.422 e. The van der Waals surface area contributed by atoms with E-state index in [-0.39, 0.29) is 5.69 Å². The molecule has 0 aliphatic rings. The summed E-state index contributed by atoms with van der Waals surface area (Å²) in [4.78, 5) is 21.4. The van der Waals surface area contributed by atoms with Gasteiger partial charge in [0.2, 0.25) is 0 Å². The molecule has 86 valence electrons. The highest BCUT2D eigenvalue weighted by atomic mass is 79.9. The van der Waals surface area contributed by atoms with E-state index in [1.54, 1.807) is 18.2 Å². The highest BCUT2D eigenvalue weighted by molar-refractivity contribution is 9.10. The Labute approximate surface area is 104 Å². The van der Waals surface area contributed by atoms with E-state index in [0.29, 0.717) is 15.8 Å². The molecule has 1 aromatic carbocycles. The lowest BCUT2D eigenvalue weighted by molar-refractivity contribution is -0.384. The first-order valence-corrected chi connectivity index (χ1v) is 5.42. The molecule has 1 heterocycles. The molecule has 0 unspecified atom stereocenters. The Morgan fingerprint density at radius 1 is 1.24 bits per heavy atom. The van der Waals surface area contributed by atoms with Crippen LogP contribution in [0.5, 0.6) is 0 Å². The molecule has 2 rings (SSSR count). The predicted molar refractivity (Wildman–Crippen MR) is 64.8 cm³/mol. The van der Waals surface area contributed by atoms with Gasteiger partial charge in [-0.05, 0) is 28.1 Å². The van der Waals surface area contributed by atoms with Crippen LogP contribution >= 0.6 is 15.9 Å². The molecule has 0 atom stereocenters. The number of non-ortho nitro benzene ring substituents is 1. The van der Waals surface area contributed by atoms with E-state index in [9.17, 15) is 14.9 Å². The molecule has 2 aromatic rings. The minimum atomic E-state index is -0.519. The first-order valence-electron chi connectivity index (χ1n) is 4.62. The Balaban J connectivity index is 2.53. The Morgan fingerprint density at radius 2 is 2.00 bits per heavy atom. The van der Waals surface area contributed by atoms with Crippen LogP contribution in [0.1, 0.15) is 0 Å². The van der Waals surface area contributed by atoms with E-state index in [1.165, 1.54) is 18.2 Å². The topological polar surface area (TPSA) is 73.3 Å². The lowest BCUT2D eigenvalue weighted by Gasteiger charge is -1.99. The maximum atomic E-state index is 11.3. The van der Waals surface area contributed by atoms with Gasteiger partial charge in [-0.25, -0.2) is 4.79 Å². The number of benzene rings is 1. The summed E-state index contributed by atoms with van der Waals surface area (Å²) in [6.07, 6.45) is 0. The van der Waals surface area contributed by atoms with Crippen molar-refractivity contribution in [3.8, 4) is 11.3 Å². The third kappa shape index (κ3) is 2.42. The Morgan fingerprint density at radius 3 is 2.65 bits per heavy atom. The van der Waals surface area contributed by atoms with Gasteiger partial charge in [-0.3, -0.25) is 10.1 Å². The van der Waals surface area contributed by atoms with Crippen LogP contribution in [0.4, 0.5) is 5.69 Å². The van der Waals surface area contributed by atoms with Crippen molar-refractivity contribution >= 4 is 21.6 Å². The fourth-order valence-electron chi connectivity index (χ4n) is 1.33. The summed E-state index contributed by atoms with van der Waals surface area (Å²) in [5.74, 6) is 0.293. The quantitative estimate of drug-likeness (QED) is 0.630. The second-order valence-corrected chi connectivity index (χ2v) is 4.10. The normalized spacial score (nSPS) is 10.2. The first-order chi connectivity index (χ1) is 8.08. The van der Waals surface area contributed by atoms with Gasteiger partial charge in [0.25, 0.3) is 5.69 Å². The average molecular weight is 296 g/mol. The second-order valence-electron chi connectivity index (χ2n) is 3.24. The van der Waals surface area contributed by atoms with Gasteiger partial charge in [0, 0.05) is 17.7 Å². The fourth-order valence-corrected chi connectivity index (χ4v) is 1.54. The van der Waals surface area contributed by atoms with Gasteiger partial charge in [0.05, 0.1) is 4.92 Å². The van der Waals surface area contributed by atoms with Crippen LogP contribution in [0.2, 0.25) is 0 Å². The molecule has 0 saturated carbocycles. The van der Waals surface area contributed by atoms with Gasteiger partial charge in [0.15, 0.2) is 0 Å². The summed E-state index contributed by atoms with van der Waals surface area (Å²) >= 11 is 3.03. The van der Waals surface area contributed by atoms with Gasteiger partial charge < -0.3 is 4.42 Å². The molecule has 0 N–H and O–H groups in total. The lowest BCUT2D eigenvalue weighted by atomic mass is 10.1. The first kappa shape index (κ1) is 11.5. The van der Waals surface area contributed by atoms with Crippen molar-refractivity contribution in [1.82, 2.24) is 0 Å². The van der Waals surface area contributed by atoms with Crippen LogP contribution < -0.4 is 5.63 Å². The highest BCUT2D eigenvalue weighted by Crippen LogP contribution is 2.23. The summed E-state index contributed by atoms with van der Waals surface area (Å²) in [5.41, 5.74) is -0.0779. The summed E-state index contributed by atoms with van der Waals surface area (Å²) in [5, 5.41) is 10.6. The third-order valence-corrected chi connectivity index (χ3v) is 2.71. The molecule has 0 aliphatic carbocycles. The molecule has 1 aromatic heterocycles. The average Bonchev–Trinajstić information content (AvgIpc) is 2.33. The summed E-state index contributed by atoms with van der Waals surface area (Å²) in [6.45, 7) is 0. The van der Waals surface area contributed by atoms with Crippen molar-refractivity contribution in [1.29, 1.82) is 0 Å². The molecule has 0 amide bonds. The van der Waals surface area contributed by atoms with E-state index in [4.69, 9.17) is 4.42 Å². The van der Waals surface area contributed by atoms with E-state index in [2.05, 4.69) is 15.9 Å². The Kier molecular flexibility index (Phi) is 3.06. The molecule has 0 radical (unpaired) electrons. The molecule has 6 heteroatoms. The van der Waals surface area contributed by atoms with Crippen LogP contribution in [0.15, 0.2) is 50.1 Å². The third-order valence-electron chi connectivity index (χ3n) is 2.12. The summed E-state index contributed by atoms with van der Waals surface area (Å²) in [6, 6.07) is 9.02. The fraction of sp³-hybridized carbons (Fsp3) is 0. The molecule has 0 bridgehead atoms. The maximum absolute atomic E-state index is 11.3. The van der Waals surface area contributed by atoms with Crippen molar-refractivity contribution in [3.63, 3.8) is 0 Å². The van der Waals surface area contributed by atoms with Crippen molar-refractivity contribution < 1.29 is 9.34 Å². The monoisotopic (exact) mass is 295 g/mol. The smallest absolute Gasteiger partial charge is 0.350 e. The largest absolute Gasteiger partial charge is 0.422 e. The lowest BCUT2D eigenvalue weighted by Crippen LogP contribution is -1.99. The molecular formula is C11H6BrNO4. The number of hydrogen-bond donors (Lipinski definition) is 0. The standard InChI is InChI=1S/C11H6BrNO4/c12-9-4-5-10(17-11(9)14)7-2-1-3-8(6-7)13(15)16/h1-6H. The Hall–Kier alpha value is -1.95. The zero-order valence-electron chi connectivity index (χ0n) is 8.42. The number of nitro groups is 1. The van der Waals surface area contributed by atoms with Crippen LogP contribution in [0.3, 0.4) is 0 Å². The number of nitro benzene ring substituents is 1. The number of nitrogens with zero attached hydrogens (tertiary/aromatic N) is 1. The van der Waals surface area contributed by atoms with Crippen molar-refractivity contribution in [2.24, 2.45) is 0 Å². The van der Waals surface area contributed by atoms with Crippen LogP contribution in [0, 0.1) is 10.1 Å². The van der Waals surface area contributed by atoms with E-state index >= 15 is 0 Å². The van der Waals surface area contributed by atoms with Crippen molar-refractivity contribution in [3.05, 3.63) is 61.4 Å². The van der Waals surface area contributed by atoms with Gasteiger partial charge in [-0.2, -0.15) is 0 Å². The highest BCUT2D eigenvalue weighted by Gasteiger charge is 2.09. The summed E-state index contributed by atoms with van der Waals surface area (Å²) in [7, 11) is 0. The summed E-state index contributed by atoms with van der Waals surface area (Å²) < 4.78 is 5.32. The van der Waals surface area contributed by atoms with Gasteiger partial charge in [-0.15, -0.1) is 0 Å². The van der Waals surface area contributed by atoms with E-state index in [1.807, 2.05) is 0 Å². The molecule has 0 aliphatic heterocycles. The zero-order valence-corrected chi connectivity index (χ0v) is 10.0. The molecule has 5 nitrogen and oxygen atoms in total. The van der Waals surface area contributed by atoms with Gasteiger partial charge in [-0.1, -0.05) is 12.1 Å². The predicted octanol–water partition coefficient (Wildman–Crippen LogP) is 2.98. The van der Waals surface area contributed by atoms with E-state index < -0.39 is 10.5 Å². The molecule has 0 saturated heterocycles. The van der Waals surface area contributed by atoms with Gasteiger partial charge in [0.1, 0.15) is 10.2 Å². The van der Waals surface area contributed by atoms with Crippen molar-refractivity contribution in [2.75, 3.05) is 0 Å². The molecular weight excluding hydrogens is 290 g/mol. The minimum absolute atomic E-state index is 0.0481. The van der Waals surface area contributed by atoms with Gasteiger partial charge >= 0.3 is 5.63 Å². The Bertz CT molecular complexity index is 635. The van der Waals surface area contributed by atoms with Crippen LogP contribution in [0.25, 0.3) is 11.3 Å². The van der Waals surface area contributed by atoms with Crippen LogP contribution in [-0.2, 0) is 0 Å². The molecule has 0 fully saturated rings. The maximum Gasteiger partial charge on any atom is 0.350 e. The second kappa shape index (κ2) is 4.50. The SMILES string of the molecule is O=c1oc(-c2cccc([N+](=O)[O-])c2)ccc1Br. The zero-order chi connectivity index (χ0) is 12.4. The molecule has 0 spiro atoms. The van der Waals surface area contributed by atoms with E-state index in [0.717, 1.165) is 0 Å². The van der Waals surface area contributed by atoms with Crippen molar-refractivity contribution in [2.45, 2.75) is 0 Å². The number of rotatable bonds is 2. The number of hydrogen-bond acceptors (Lipinski definition) is 4.